The molecule has 3 aromatic rings. The van der Waals surface area contributed by atoms with Crippen molar-refractivity contribution >= 4 is 57.3 Å². The first-order valence-electron chi connectivity index (χ1n) is 9.17. The van der Waals surface area contributed by atoms with Crippen LogP contribution >= 0.6 is 34.7 Å². The third-order valence-electron chi connectivity index (χ3n) is 4.32. The second-order valence-corrected chi connectivity index (χ2v) is 9.13. The van der Waals surface area contributed by atoms with Gasteiger partial charge in [-0.25, -0.2) is 0 Å². The van der Waals surface area contributed by atoms with Crippen LogP contribution in [0.15, 0.2) is 29.4 Å². The largest absolute Gasteiger partial charge is 0.326 e. The fraction of sp³-hybridized carbons (Fsp3) is 0.333. The van der Waals surface area contributed by atoms with Crippen molar-refractivity contribution in [2.75, 3.05) is 16.4 Å². The summed E-state index contributed by atoms with van der Waals surface area (Å²) in [7, 11) is 1.76. The molecule has 1 fully saturated rings. The van der Waals surface area contributed by atoms with Crippen molar-refractivity contribution < 1.29 is 9.59 Å². The number of nitrogens with zero attached hydrogens (tertiary/aromatic N) is 5. The van der Waals surface area contributed by atoms with Crippen molar-refractivity contribution in [2.24, 2.45) is 7.05 Å². The van der Waals surface area contributed by atoms with E-state index in [1.54, 1.807) is 35.9 Å². The van der Waals surface area contributed by atoms with E-state index in [1.165, 1.54) is 23.1 Å². The molecule has 0 saturated heterocycles. The second-order valence-electron chi connectivity index (χ2n) is 6.75. The quantitative estimate of drug-likeness (QED) is 0.493. The summed E-state index contributed by atoms with van der Waals surface area (Å²) in [5, 5.41) is 24.4. The summed E-state index contributed by atoms with van der Waals surface area (Å²) in [6, 6.07) is 6.85. The van der Waals surface area contributed by atoms with Crippen molar-refractivity contribution in [3.63, 3.8) is 0 Å². The summed E-state index contributed by atoms with van der Waals surface area (Å²) in [4.78, 5) is 24.4. The van der Waals surface area contributed by atoms with Crippen molar-refractivity contribution in [2.45, 2.75) is 30.3 Å². The van der Waals surface area contributed by atoms with Gasteiger partial charge < -0.3 is 9.88 Å². The average molecular weight is 464 g/mol. The van der Waals surface area contributed by atoms with E-state index in [0.29, 0.717) is 32.7 Å². The van der Waals surface area contributed by atoms with Crippen LogP contribution in [-0.4, -0.2) is 42.5 Å². The number of carbonyl (C=O) groups excluding carboxylic acids is 2. The van der Waals surface area contributed by atoms with Crippen LogP contribution < -0.4 is 10.6 Å². The smallest absolute Gasteiger partial charge is 0.236 e. The maximum atomic E-state index is 12.2. The highest BCUT2D eigenvalue weighted by Gasteiger charge is 2.27. The highest BCUT2D eigenvalue weighted by Crippen LogP contribution is 2.42. The van der Waals surface area contributed by atoms with Crippen LogP contribution in [-0.2, 0) is 23.1 Å². The van der Waals surface area contributed by atoms with Crippen LogP contribution in [0.2, 0.25) is 5.02 Å². The molecule has 156 valence electrons. The number of thioether (sulfide) groups is 1. The Kier molecular flexibility index (Phi) is 6.30. The lowest BCUT2D eigenvalue weighted by atomic mass is 10.3. The molecular weight excluding hydrogens is 446 g/mol. The number of nitrogens with one attached hydrogen (secondary N) is 2. The van der Waals surface area contributed by atoms with Gasteiger partial charge in [-0.05, 0) is 37.1 Å². The van der Waals surface area contributed by atoms with Crippen molar-refractivity contribution in [3.05, 3.63) is 40.1 Å². The summed E-state index contributed by atoms with van der Waals surface area (Å²) in [5.41, 5.74) is 0.652. The molecule has 2 aromatic heterocycles. The summed E-state index contributed by atoms with van der Waals surface area (Å²) in [5.74, 6) is 0.758. The van der Waals surface area contributed by atoms with Gasteiger partial charge >= 0.3 is 0 Å². The Labute approximate surface area is 185 Å². The van der Waals surface area contributed by atoms with Gasteiger partial charge in [-0.2, -0.15) is 0 Å². The van der Waals surface area contributed by atoms with E-state index in [-0.39, 0.29) is 24.0 Å². The van der Waals surface area contributed by atoms with E-state index >= 15 is 0 Å². The van der Waals surface area contributed by atoms with Gasteiger partial charge in [0.1, 0.15) is 10.8 Å². The number of rotatable bonds is 8. The lowest BCUT2D eigenvalue weighted by Crippen LogP contribution is -2.17. The molecule has 0 unspecified atom stereocenters. The summed E-state index contributed by atoms with van der Waals surface area (Å²) in [6.07, 6.45) is 2.35. The molecule has 30 heavy (non-hydrogen) atoms. The Balaban J connectivity index is 1.27. The number of carbonyl (C=O) groups is 2. The summed E-state index contributed by atoms with van der Waals surface area (Å²) in [6.45, 7) is 0. The van der Waals surface area contributed by atoms with Crippen LogP contribution in [0, 0.1) is 0 Å². The van der Waals surface area contributed by atoms with Crippen LogP contribution in [0.5, 0.6) is 0 Å². The van der Waals surface area contributed by atoms with Gasteiger partial charge in [0.25, 0.3) is 0 Å². The van der Waals surface area contributed by atoms with E-state index in [1.807, 2.05) is 0 Å². The maximum absolute atomic E-state index is 12.2. The Morgan fingerprint density at radius 3 is 2.63 bits per heavy atom. The van der Waals surface area contributed by atoms with Crippen LogP contribution in [0.4, 0.5) is 10.8 Å². The van der Waals surface area contributed by atoms with Crippen LogP contribution in [0.3, 0.4) is 0 Å². The summed E-state index contributed by atoms with van der Waals surface area (Å²) >= 11 is 8.50. The van der Waals surface area contributed by atoms with E-state index < -0.39 is 0 Å². The number of amides is 2. The molecule has 0 spiro atoms. The van der Waals surface area contributed by atoms with E-state index in [0.717, 1.165) is 17.8 Å². The van der Waals surface area contributed by atoms with E-state index in [9.17, 15) is 9.59 Å². The van der Waals surface area contributed by atoms with E-state index in [4.69, 9.17) is 11.6 Å². The molecule has 4 rings (SSSR count). The molecule has 9 nitrogen and oxygen atoms in total. The SMILES string of the molecule is Cn1c(CC(=O)Nc2ccc(Cl)cc2)nnc1SCC(=O)Nc1nnc(C2CC2)s1. The van der Waals surface area contributed by atoms with Gasteiger partial charge in [0.15, 0.2) is 5.16 Å². The van der Waals surface area contributed by atoms with Gasteiger partial charge in [0.2, 0.25) is 16.9 Å². The zero-order valence-corrected chi connectivity index (χ0v) is 18.4. The molecule has 0 radical (unpaired) electrons. The molecule has 0 aliphatic heterocycles. The van der Waals surface area contributed by atoms with Crippen LogP contribution in [0.1, 0.15) is 29.6 Å². The molecule has 1 aliphatic carbocycles. The molecule has 2 N–H and O–H groups in total. The first-order chi connectivity index (χ1) is 14.5. The maximum Gasteiger partial charge on any atom is 0.236 e. The molecule has 0 bridgehead atoms. The first kappa shape index (κ1) is 20.8. The third-order valence-corrected chi connectivity index (χ3v) is 6.59. The standard InChI is InChI=1S/C18H18ClN7O2S2/c1-26-13(8-14(27)20-12-6-4-11(19)5-7-12)22-25-18(26)29-9-15(28)21-17-24-23-16(30-17)10-2-3-10/h4-7,10H,2-3,8-9H2,1H3,(H,20,27)(H,21,24,28). The molecule has 1 aliphatic rings. The monoisotopic (exact) mass is 463 g/mol. The van der Waals surface area contributed by atoms with Crippen molar-refractivity contribution in [1.82, 2.24) is 25.0 Å². The number of aromatic nitrogens is 5. The fourth-order valence-electron chi connectivity index (χ4n) is 2.57. The highest BCUT2D eigenvalue weighted by molar-refractivity contribution is 7.99. The minimum Gasteiger partial charge on any atom is -0.326 e. The number of benzene rings is 1. The van der Waals surface area contributed by atoms with Gasteiger partial charge in [0, 0.05) is 23.7 Å². The number of hydrogen-bond acceptors (Lipinski definition) is 8. The predicted molar refractivity (Wildman–Crippen MR) is 116 cm³/mol. The Bertz CT molecular complexity index is 1060. The normalized spacial score (nSPS) is 13.3. The highest BCUT2D eigenvalue weighted by atomic mass is 35.5. The first-order valence-corrected chi connectivity index (χ1v) is 11.4. The number of halogens is 1. The third kappa shape index (κ3) is 5.35. The zero-order chi connectivity index (χ0) is 21.1. The minimum atomic E-state index is -0.218. The van der Waals surface area contributed by atoms with Crippen LogP contribution in [0.25, 0.3) is 0 Å². The molecule has 1 saturated carbocycles. The number of anilines is 2. The topological polar surface area (TPSA) is 115 Å². The van der Waals surface area contributed by atoms with E-state index in [2.05, 4.69) is 31.0 Å². The average Bonchev–Trinajstić information content (AvgIpc) is 3.38. The molecule has 2 amide bonds. The van der Waals surface area contributed by atoms with Gasteiger partial charge in [0.05, 0.1) is 12.2 Å². The number of hydrogen-bond donors (Lipinski definition) is 2. The Morgan fingerprint density at radius 2 is 1.90 bits per heavy atom. The van der Waals surface area contributed by atoms with Gasteiger partial charge in [-0.15, -0.1) is 20.4 Å². The van der Waals surface area contributed by atoms with Crippen molar-refractivity contribution in [3.8, 4) is 0 Å². The molecule has 2 heterocycles. The zero-order valence-electron chi connectivity index (χ0n) is 16.0. The molecular formula is C18H18ClN7O2S2. The Morgan fingerprint density at radius 1 is 1.13 bits per heavy atom. The Hall–Kier alpha value is -2.50. The summed E-state index contributed by atoms with van der Waals surface area (Å²) < 4.78 is 1.70. The molecule has 0 atom stereocenters. The van der Waals surface area contributed by atoms with Gasteiger partial charge in [-0.3, -0.25) is 14.9 Å². The lowest BCUT2D eigenvalue weighted by Gasteiger charge is -2.06. The minimum absolute atomic E-state index is 0.0631. The molecule has 12 heteroatoms. The second kappa shape index (κ2) is 9.11. The fourth-order valence-corrected chi connectivity index (χ4v) is 4.36. The van der Waals surface area contributed by atoms with Gasteiger partial charge in [-0.1, -0.05) is 34.7 Å². The van der Waals surface area contributed by atoms with Crippen molar-refractivity contribution in [1.29, 1.82) is 0 Å². The molecule has 1 aromatic carbocycles. The lowest BCUT2D eigenvalue weighted by molar-refractivity contribution is -0.116. The predicted octanol–water partition coefficient (Wildman–Crippen LogP) is 3.11.